The summed E-state index contributed by atoms with van der Waals surface area (Å²) in [5.74, 6) is 0.993. The molecule has 0 N–H and O–H groups in total. The molecule has 132 valence electrons. The molecule has 4 nitrogen and oxygen atoms in total. The first-order valence-corrected chi connectivity index (χ1v) is 8.86. The van der Waals surface area contributed by atoms with Crippen molar-refractivity contribution in [2.75, 3.05) is 38.2 Å². The summed E-state index contributed by atoms with van der Waals surface area (Å²) >= 11 is 6.13. The van der Waals surface area contributed by atoms with E-state index in [1.807, 2.05) is 48.2 Å². The Labute approximate surface area is 154 Å². The van der Waals surface area contributed by atoms with Crippen molar-refractivity contribution in [3.8, 4) is 5.75 Å². The van der Waals surface area contributed by atoms with Crippen LogP contribution in [-0.4, -0.2) is 44.1 Å². The highest BCUT2D eigenvalue weighted by Gasteiger charge is 2.23. The molecule has 1 saturated heterocycles. The Morgan fingerprint density at radius 1 is 1.12 bits per heavy atom. The van der Waals surface area contributed by atoms with Crippen molar-refractivity contribution >= 4 is 23.2 Å². The molecule has 1 heterocycles. The van der Waals surface area contributed by atoms with Crippen molar-refractivity contribution in [2.24, 2.45) is 0 Å². The van der Waals surface area contributed by atoms with Gasteiger partial charge in [0.05, 0.1) is 19.2 Å². The van der Waals surface area contributed by atoms with Crippen LogP contribution in [0.1, 0.15) is 11.1 Å². The Morgan fingerprint density at radius 3 is 2.56 bits per heavy atom. The lowest BCUT2D eigenvalue weighted by Crippen LogP contribution is -2.49. The molecular weight excluding hydrogens is 336 g/mol. The minimum absolute atomic E-state index is 0.184. The number of amides is 1. The number of rotatable bonds is 4. The van der Waals surface area contributed by atoms with Gasteiger partial charge < -0.3 is 14.5 Å². The van der Waals surface area contributed by atoms with Crippen LogP contribution in [0.3, 0.4) is 0 Å². The lowest BCUT2D eigenvalue weighted by atomic mass is 10.1. The van der Waals surface area contributed by atoms with E-state index in [2.05, 4.69) is 11.0 Å². The van der Waals surface area contributed by atoms with Crippen LogP contribution in [-0.2, 0) is 11.2 Å². The minimum Gasteiger partial charge on any atom is -0.495 e. The summed E-state index contributed by atoms with van der Waals surface area (Å²) < 4.78 is 5.44. The minimum atomic E-state index is 0.184. The number of nitrogens with zero attached hydrogens (tertiary/aromatic N) is 2. The number of benzene rings is 2. The van der Waals surface area contributed by atoms with Crippen LogP contribution >= 0.6 is 11.6 Å². The maximum atomic E-state index is 12.6. The molecular formula is C20H23ClN2O2. The van der Waals surface area contributed by atoms with Gasteiger partial charge in [0.25, 0.3) is 0 Å². The van der Waals surface area contributed by atoms with Gasteiger partial charge in [-0.25, -0.2) is 0 Å². The molecule has 0 bridgehead atoms. The molecule has 5 heteroatoms. The fourth-order valence-electron chi connectivity index (χ4n) is 3.22. The first-order chi connectivity index (χ1) is 12.1. The summed E-state index contributed by atoms with van der Waals surface area (Å²) in [4.78, 5) is 16.7. The second-order valence-electron chi connectivity index (χ2n) is 6.35. The van der Waals surface area contributed by atoms with Gasteiger partial charge in [0.2, 0.25) is 5.91 Å². The Bertz CT molecular complexity index is 755. The fourth-order valence-corrected chi connectivity index (χ4v) is 3.38. The second-order valence-corrected chi connectivity index (χ2v) is 6.79. The SMILES string of the molecule is COc1ccc(Cl)cc1N1CCN(C(=O)Cc2cccc(C)c2)CC1. The van der Waals surface area contributed by atoms with Gasteiger partial charge in [0.1, 0.15) is 5.75 Å². The molecule has 0 aromatic heterocycles. The molecule has 1 aliphatic rings. The zero-order chi connectivity index (χ0) is 17.8. The molecule has 0 atom stereocenters. The number of hydrogen-bond donors (Lipinski definition) is 0. The summed E-state index contributed by atoms with van der Waals surface area (Å²) in [5.41, 5.74) is 3.24. The van der Waals surface area contributed by atoms with E-state index in [9.17, 15) is 4.79 Å². The van der Waals surface area contributed by atoms with Gasteiger partial charge in [-0.2, -0.15) is 0 Å². The van der Waals surface area contributed by atoms with E-state index in [0.29, 0.717) is 24.5 Å². The Hall–Kier alpha value is -2.20. The lowest BCUT2D eigenvalue weighted by molar-refractivity contribution is -0.130. The number of methoxy groups -OCH3 is 1. The fraction of sp³-hybridized carbons (Fsp3) is 0.350. The smallest absolute Gasteiger partial charge is 0.227 e. The maximum absolute atomic E-state index is 12.6. The third-order valence-electron chi connectivity index (χ3n) is 4.55. The molecule has 2 aromatic rings. The zero-order valence-corrected chi connectivity index (χ0v) is 15.4. The number of anilines is 1. The van der Waals surface area contributed by atoms with Crippen LogP contribution in [0.2, 0.25) is 5.02 Å². The van der Waals surface area contributed by atoms with E-state index in [4.69, 9.17) is 16.3 Å². The van der Waals surface area contributed by atoms with Crippen LogP contribution in [0, 0.1) is 6.92 Å². The van der Waals surface area contributed by atoms with E-state index in [0.717, 1.165) is 30.1 Å². The highest BCUT2D eigenvalue weighted by Crippen LogP contribution is 2.31. The van der Waals surface area contributed by atoms with Crippen molar-refractivity contribution in [2.45, 2.75) is 13.3 Å². The lowest BCUT2D eigenvalue weighted by Gasteiger charge is -2.36. The first kappa shape index (κ1) is 17.6. The Kier molecular flexibility index (Phi) is 5.49. The van der Waals surface area contributed by atoms with Crippen LogP contribution in [0.15, 0.2) is 42.5 Å². The van der Waals surface area contributed by atoms with Crippen LogP contribution < -0.4 is 9.64 Å². The van der Waals surface area contributed by atoms with Crippen molar-refractivity contribution in [3.63, 3.8) is 0 Å². The number of piperazine rings is 1. The van der Waals surface area contributed by atoms with Crippen molar-refractivity contribution in [3.05, 3.63) is 58.6 Å². The predicted molar refractivity (Wildman–Crippen MR) is 102 cm³/mol. The third-order valence-corrected chi connectivity index (χ3v) is 4.79. The van der Waals surface area contributed by atoms with E-state index >= 15 is 0 Å². The Balaban J connectivity index is 1.62. The molecule has 0 radical (unpaired) electrons. The van der Waals surface area contributed by atoms with E-state index in [1.165, 1.54) is 5.56 Å². The predicted octanol–water partition coefficient (Wildman–Crippen LogP) is 3.55. The maximum Gasteiger partial charge on any atom is 0.227 e. The number of carbonyl (C=O) groups is 1. The van der Waals surface area contributed by atoms with Crippen LogP contribution in [0.5, 0.6) is 5.75 Å². The number of ether oxygens (including phenoxy) is 1. The molecule has 0 spiro atoms. The topological polar surface area (TPSA) is 32.8 Å². The standard InChI is InChI=1S/C20H23ClN2O2/c1-15-4-3-5-16(12-15)13-20(24)23-10-8-22(9-11-23)18-14-17(21)6-7-19(18)25-2/h3-7,12,14H,8-11,13H2,1-2H3. The average molecular weight is 359 g/mol. The van der Waals surface area contributed by atoms with Gasteiger partial charge in [-0.3, -0.25) is 4.79 Å². The molecule has 3 rings (SSSR count). The summed E-state index contributed by atoms with van der Waals surface area (Å²) in [5, 5.41) is 0.689. The number of hydrogen-bond acceptors (Lipinski definition) is 3. The number of halogens is 1. The summed E-state index contributed by atoms with van der Waals surface area (Å²) in [6.07, 6.45) is 0.460. The molecule has 2 aromatic carbocycles. The largest absolute Gasteiger partial charge is 0.495 e. The zero-order valence-electron chi connectivity index (χ0n) is 14.7. The molecule has 25 heavy (non-hydrogen) atoms. The molecule has 1 fully saturated rings. The summed E-state index contributed by atoms with van der Waals surface area (Å²) in [6, 6.07) is 13.8. The third kappa shape index (κ3) is 4.26. The van der Waals surface area contributed by atoms with Crippen molar-refractivity contribution < 1.29 is 9.53 Å². The van der Waals surface area contributed by atoms with Crippen LogP contribution in [0.25, 0.3) is 0 Å². The molecule has 1 aliphatic heterocycles. The first-order valence-electron chi connectivity index (χ1n) is 8.48. The monoisotopic (exact) mass is 358 g/mol. The molecule has 1 amide bonds. The second kappa shape index (κ2) is 7.79. The summed E-state index contributed by atoms with van der Waals surface area (Å²) in [7, 11) is 1.66. The molecule has 0 saturated carbocycles. The van der Waals surface area contributed by atoms with Gasteiger partial charge >= 0.3 is 0 Å². The highest BCUT2D eigenvalue weighted by molar-refractivity contribution is 6.30. The van der Waals surface area contributed by atoms with Crippen molar-refractivity contribution in [1.82, 2.24) is 4.90 Å². The Morgan fingerprint density at radius 2 is 1.88 bits per heavy atom. The normalized spacial score (nSPS) is 14.5. The van der Waals surface area contributed by atoms with Gasteiger partial charge in [-0.05, 0) is 30.7 Å². The van der Waals surface area contributed by atoms with Gasteiger partial charge in [-0.1, -0.05) is 41.4 Å². The van der Waals surface area contributed by atoms with Gasteiger partial charge in [0.15, 0.2) is 0 Å². The van der Waals surface area contributed by atoms with E-state index < -0.39 is 0 Å². The average Bonchev–Trinajstić information content (AvgIpc) is 2.62. The highest BCUT2D eigenvalue weighted by atomic mass is 35.5. The molecule has 0 unspecified atom stereocenters. The van der Waals surface area contributed by atoms with Crippen molar-refractivity contribution in [1.29, 1.82) is 0 Å². The van der Waals surface area contributed by atoms with E-state index in [1.54, 1.807) is 7.11 Å². The van der Waals surface area contributed by atoms with Gasteiger partial charge in [-0.15, -0.1) is 0 Å². The van der Waals surface area contributed by atoms with E-state index in [-0.39, 0.29) is 5.91 Å². The van der Waals surface area contributed by atoms with Crippen LogP contribution in [0.4, 0.5) is 5.69 Å². The number of carbonyl (C=O) groups excluding carboxylic acids is 1. The number of aryl methyl sites for hydroxylation is 1. The van der Waals surface area contributed by atoms with Gasteiger partial charge in [0, 0.05) is 31.2 Å². The quantitative estimate of drug-likeness (QED) is 0.838. The summed E-state index contributed by atoms with van der Waals surface area (Å²) in [6.45, 7) is 5.01. The molecule has 0 aliphatic carbocycles.